The van der Waals surface area contributed by atoms with E-state index in [-0.39, 0.29) is 5.78 Å². The van der Waals surface area contributed by atoms with Gasteiger partial charge in [-0.05, 0) is 18.6 Å². The number of fused-ring (bicyclic) bond motifs is 1. The molecule has 0 fully saturated rings. The largest absolute Gasteiger partial charge is 0.363 e. The third-order valence-electron chi connectivity index (χ3n) is 2.74. The van der Waals surface area contributed by atoms with Crippen LogP contribution in [0.1, 0.15) is 22.8 Å². The molecule has 0 atom stereocenters. The summed E-state index contributed by atoms with van der Waals surface area (Å²) in [5.41, 5.74) is 2.95. The Morgan fingerprint density at radius 1 is 1.56 bits per heavy atom. The van der Waals surface area contributed by atoms with E-state index in [9.17, 15) is 4.79 Å². The van der Waals surface area contributed by atoms with Gasteiger partial charge in [-0.25, -0.2) is 0 Å². The van der Waals surface area contributed by atoms with Crippen LogP contribution in [0.5, 0.6) is 0 Å². The zero-order valence-electron chi connectivity index (χ0n) is 9.44. The third-order valence-corrected chi connectivity index (χ3v) is 2.74. The summed E-state index contributed by atoms with van der Waals surface area (Å²) in [4.78, 5) is 13.8. The lowest BCUT2D eigenvalue weighted by atomic mass is 10.00. The normalized spacial score (nSPS) is 13.4. The van der Waals surface area contributed by atoms with Crippen molar-refractivity contribution < 1.29 is 4.79 Å². The number of carbonyl (C=O) groups excluding carboxylic acids is 1. The Morgan fingerprint density at radius 2 is 2.38 bits per heavy atom. The van der Waals surface area contributed by atoms with Gasteiger partial charge in [0.1, 0.15) is 0 Å². The fourth-order valence-electron chi connectivity index (χ4n) is 2.05. The van der Waals surface area contributed by atoms with Gasteiger partial charge in [-0.3, -0.25) is 4.79 Å². The van der Waals surface area contributed by atoms with E-state index in [0.717, 1.165) is 29.9 Å². The van der Waals surface area contributed by atoms with Gasteiger partial charge in [0.2, 0.25) is 0 Å². The number of para-hydroxylation sites is 1. The minimum atomic E-state index is 0.112. The van der Waals surface area contributed by atoms with E-state index < -0.39 is 0 Å². The second kappa shape index (κ2) is 4.35. The first-order valence-electron chi connectivity index (χ1n) is 5.40. The zero-order valence-corrected chi connectivity index (χ0v) is 9.44. The zero-order chi connectivity index (χ0) is 11.5. The summed E-state index contributed by atoms with van der Waals surface area (Å²) >= 11 is 0. The minimum Gasteiger partial charge on any atom is -0.363 e. The average Bonchev–Trinajstić information content (AvgIpc) is 2.29. The summed E-state index contributed by atoms with van der Waals surface area (Å²) in [7, 11) is 0. The van der Waals surface area contributed by atoms with Crippen LogP contribution in [0, 0.1) is 0 Å². The second-order valence-electron chi connectivity index (χ2n) is 3.90. The molecule has 1 aromatic carbocycles. The molecule has 0 amide bonds. The Hall–Kier alpha value is -1.83. The van der Waals surface area contributed by atoms with Gasteiger partial charge in [0.05, 0.1) is 5.69 Å². The lowest BCUT2D eigenvalue weighted by Crippen LogP contribution is -2.27. The first-order chi connectivity index (χ1) is 7.74. The maximum Gasteiger partial charge on any atom is 0.161 e. The van der Waals surface area contributed by atoms with Crippen molar-refractivity contribution in [3.8, 4) is 0 Å². The highest BCUT2D eigenvalue weighted by atomic mass is 16.1. The van der Waals surface area contributed by atoms with Crippen molar-refractivity contribution in [1.82, 2.24) is 0 Å². The van der Waals surface area contributed by atoms with Crippen molar-refractivity contribution in [2.75, 3.05) is 18.0 Å². The molecular weight excluding hydrogens is 198 g/mol. The molecule has 2 rings (SSSR count). The number of ketones is 1. The van der Waals surface area contributed by atoms with E-state index >= 15 is 0 Å². The van der Waals surface area contributed by atoms with Crippen LogP contribution in [0.2, 0.25) is 0 Å². The molecule has 0 aromatic heterocycles. The quantitative estimate of drug-likeness (QED) is 0.568. The number of benzene rings is 1. The Labute approximate surface area is 95.9 Å². The lowest BCUT2D eigenvalue weighted by molar-refractivity contribution is 0.101. The third kappa shape index (κ3) is 1.78. The number of nitrogens with zero attached hydrogens (tertiary/aromatic N) is 1. The SMILES string of the molecule is C=CCN1CC=Cc2cccc(C(C)=O)c21. The van der Waals surface area contributed by atoms with Crippen LogP contribution in [0.25, 0.3) is 6.08 Å². The van der Waals surface area contributed by atoms with Crippen LogP contribution >= 0.6 is 0 Å². The topological polar surface area (TPSA) is 20.3 Å². The number of anilines is 1. The maximum absolute atomic E-state index is 11.6. The smallest absolute Gasteiger partial charge is 0.161 e. The highest BCUT2D eigenvalue weighted by Crippen LogP contribution is 2.30. The van der Waals surface area contributed by atoms with E-state index in [2.05, 4.69) is 23.6 Å². The van der Waals surface area contributed by atoms with Gasteiger partial charge in [-0.2, -0.15) is 0 Å². The Morgan fingerprint density at radius 3 is 3.06 bits per heavy atom. The van der Waals surface area contributed by atoms with Crippen LogP contribution in [0.4, 0.5) is 5.69 Å². The summed E-state index contributed by atoms with van der Waals surface area (Å²) < 4.78 is 0. The Bertz CT molecular complexity index is 460. The summed E-state index contributed by atoms with van der Waals surface area (Å²) in [6.07, 6.45) is 6.04. The molecule has 0 radical (unpaired) electrons. The molecule has 0 bridgehead atoms. The average molecular weight is 213 g/mol. The van der Waals surface area contributed by atoms with E-state index in [1.807, 2.05) is 24.3 Å². The van der Waals surface area contributed by atoms with E-state index in [4.69, 9.17) is 0 Å². The first-order valence-corrected chi connectivity index (χ1v) is 5.40. The van der Waals surface area contributed by atoms with Gasteiger partial charge < -0.3 is 4.90 Å². The summed E-state index contributed by atoms with van der Waals surface area (Å²) in [5, 5.41) is 0. The molecule has 0 unspecified atom stereocenters. The summed E-state index contributed by atoms with van der Waals surface area (Å²) in [6.45, 7) is 6.96. The van der Waals surface area contributed by atoms with Gasteiger partial charge >= 0.3 is 0 Å². The Balaban J connectivity index is 2.55. The molecule has 0 spiro atoms. The molecule has 82 valence electrons. The summed E-state index contributed by atoms with van der Waals surface area (Å²) in [6, 6.07) is 5.85. The standard InChI is InChI=1S/C14H15NO/c1-3-9-15-10-5-7-12-6-4-8-13(11(2)16)14(12)15/h3-8H,1,9-10H2,2H3. The van der Waals surface area contributed by atoms with E-state index in [1.165, 1.54) is 0 Å². The highest BCUT2D eigenvalue weighted by molar-refractivity contribution is 6.02. The number of hydrogen-bond donors (Lipinski definition) is 0. The molecular formula is C14H15NO. The molecule has 0 saturated heterocycles. The molecule has 1 aliphatic rings. The van der Waals surface area contributed by atoms with Crippen molar-refractivity contribution in [1.29, 1.82) is 0 Å². The first kappa shape index (κ1) is 10.7. The van der Waals surface area contributed by atoms with E-state index in [0.29, 0.717) is 0 Å². The van der Waals surface area contributed by atoms with Gasteiger partial charge in [-0.1, -0.05) is 30.4 Å². The van der Waals surface area contributed by atoms with Gasteiger partial charge in [0.25, 0.3) is 0 Å². The molecule has 0 saturated carbocycles. The molecule has 2 heteroatoms. The monoisotopic (exact) mass is 213 g/mol. The number of Topliss-reactive ketones (excluding diaryl/α,β-unsaturated/α-hetero) is 1. The van der Waals surface area contributed by atoms with Crippen LogP contribution < -0.4 is 4.90 Å². The maximum atomic E-state index is 11.6. The van der Waals surface area contributed by atoms with Crippen molar-refractivity contribution in [3.05, 3.63) is 48.1 Å². The summed E-state index contributed by atoms with van der Waals surface area (Å²) in [5.74, 6) is 0.112. The van der Waals surface area contributed by atoms with Gasteiger partial charge in [0, 0.05) is 18.7 Å². The van der Waals surface area contributed by atoms with E-state index in [1.54, 1.807) is 6.92 Å². The lowest BCUT2D eigenvalue weighted by Gasteiger charge is -2.28. The van der Waals surface area contributed by atoms with Crippen molar-refractivity contribution in [2.24, 2.45) is 0 Å². The van der Waals surface area contributed by atoms with Crippen molar-refractivity contribution >= 4 is 17.5 Å². The predicted molar refractivity (Wildman–Crippen MR) is 67.9 cm³/mol. The van der Waals surface area contributed by atoms with Gasteiger partial charge in [-0.15, -0.1) is 6.58 Å². The molecule has 0 N–H and O–H groups in total. The highest BCUT2D eigenvalue weighted by Gasteiger charge is 2.17. The Kier molecular flexibility index (Phi) is 2.91. The minimum absolute atomic E-state index is 0.112. The molecule has 1 aromatic rings. The molecule has 1 aliphatic heterocycles. The molecule has 1 heterocycles. The van der Waals surface area contributed by atoms with Crippen LogP contribution in [-0.4, -0.2) is 18.9 Å². The number of carbonyl (C=O) groups is 1. The molecule has 2 nitrogen and oxygen atoms in total. The van der Waals surface area contributed by atoms with Crippen LogP contribution in [-0.2, 0) is 0 Å². The van der Waals surface area contributed by atoms with Crippen molar-refractivity contribution in [2.45, 2.75) is 6.92 Å². The second-order valence-corrected chi connectivity index (χ2v) is 3.90. The predicted octanol–water partition coefficient (Wildman–Crippen LogP) is 2.91. The molecule has 16 heavy (non-hydrogen) atoms. The van der Waals surface area contributed by atoms with Crippen molar-refractivity contribution in [3.63, 3.8) is 0 Å². The van der Waals surface area contributed by atoms with Gasteiger partial charge in [0.15, 0.2) is 5.78 Å². The van der Waals surface area contributed by atoms with Crippen LogP contribution in [0.3, 0.4) is 0 Å². The number of rotatable bonds is 3. The number of hydrogen-bond acceptors (Lipinski definition) is 2. The fourth-order valence-corrected chi connectivity index (χ4v) is 2.05. The van der Waals surface area contributed by atoms with Crippen LogP contribution in [0.15, 0.2) is 36.9 Å². The molecule has 0 aliphatic carbocycles. The fraction of sp³-hybridized carbons (Fsp3) is 0.214.